The lowest BCUT2D eigenvalue weighted by atomic mass is 9.93. The number of rotatable bonds is 6. The standard InChI is InChI=1S/C14H24N4O/c1-3-8-16-14(19)7-9-15-12-5-4-6-13-11(12)10-17-18(13)2/h10,12,15H,3-9H2,1-2H3,(H,16,19). The van der Waals surface area contributed by atoms with Crippen LogP contribution < -0.4 is 10.6 Å². The van der Waals surface area contributed by atoms with E-state index < -0.39 is 0 Å². The molecule has 0 saturated carbocycles. The van der Waals surface area contributed by atoms with Gasteiger partial charge in [0.2, 0.25) is 5.91 Å². The fourth-order valence-electron chi connectivity index (χ4n) is 2.63. The fourth-order valence-corrected chi connectivity index (χ4v) is 2.63. The van der Waals surface area contributed by atoms with Crippen molar-refractivity contribution in [2.75, 3.05) is 13.1 Å². The number of nitrogens with one attached hydrogen (secondary N) is 2. The second-order valence-corrected chi connectivity index (χ2v) is 5.17. The lowest BCUT2D eigenvalue weighted by Gasteiger charge is -2.23. The number of aryl methyl sites for hydroxylation is 1. The maximum absolute atomic E-state index is 11.5. The van der Waals surface area contributed by atoms with Crippen LogP contribution in [-0.2, 0) is 18.3 Å². The maximum Gasteiger partial charge on any atom is 0.221 e. The van der Waals surface area contributed by atoms with Crippen LogP contribution in [0.25, 0.3) is 0 Å². The topological polar surface area (TPSA) is 59.0 Å². The minimum atomic E-state index is 0.136. The van der Waals surface area contributed by atoms with Crippen molar-refractivity contribution in [2.45, 2.75) is 45.1 Å². The van der Waals surface area contributed by atoms with E-state index in [4.69, 9.17) is 0 Å². The molecular weight excluding hydrogens is 240 g/mol. The normalized spacial score (nSPS) is 18.1. The van der Waals surface area contributed by atoms with Crippen molar-refractivity contribution in [1.82, 2.24) is 20.4 Å². The molecule has 0 aliphatic heterocycles. The van der Waals surface area contributed by atoms with E-state index in [1.807, 2.05) is 17.9 Å². The van der Waals surface area contributed by atoms with Crippen molar-refractivity contribution in [3.05, 3.63) is 17.5 Å². The van der Waals surface area contributed by atoms with E-state index in [0.29, 0.717) is 12.5 Å². The van der Waals surface area contributed by atoms with E-state index in [1.165, 1.54) is 17.7 Å². The van der Waals surface area contributed by atoms with Gasteiger partial charge in [-0.2, -0.15) is 5.10 Å². The summed E-state index contributed by atoms with van der Waals surface area (Å²) in [6.45, 7) is 3.56. The molecule has 0 fully saturated rings. The van der Waals surface area contributed by atoms with Gasteiger partial charge in [-0.1, -0.05) is 6.92 Å². The van der Waals surface area contributed by atoms with Gasteiger partial charge in [-0.3, -0.25) is 9.48 Å². The Labute approximate surface area is 114 Å². The molecule has 2 rings (SSSR count). The average molecular weight is 264 g/mol. The number of hydrogen-bond donors (Lipinski definition) is 2. The highest BCUT2D eigenvalue weighted by Gasteiger charge is 2.22. The Balaban J connectivity index is 1.80. The van der Waals surface area contributed by atoms with E-state index in [1.54, 1.807) is 0 Å². The molecule has 5 nitrogen and oxygen atoms in total. The van der Waals surface area contributed by atoms with Crippen molar-refractivity contribution in [2.24, 2.45) is 7.05 Å². The summed E-state index contributed by atoms with van der Waals surface area (Å²) in [5.74, 6) is 0.136. The second-order valence-electron chi connectivity index (χ2n) is 5.17. The molecule has 1 amide bonds. The molecule has 0 saturated heterocycles. The third kappa shape index (κ3) is 3.56. The highest BCUT2D eigenvalue weighted by atomic mass is 16.1. The van der Waals surface area contributed by atoms with Crippen LogP contribution in [0.5, 0.6) is 0 Å². The van der Waals surface area contributed by atoms with Crippen LogP contribution in [-0.4, -0.2) is 28.8 Å². The first kappa shape index (κ1) is 14.1. The summed E-state index contributed by atoms with van der Waals surface area (Å²) in [4.78, 5) is 11.5. The highest BCUT2D eigenvalue weighted by Crippen LogP contribution is 2.28. The first-order valence-electron chi connectivity index (χ1n) is 7.23. The molecule has 0 spiro atoms. The van der Waals surface area contributed by atoms with Gasteiger partial charge in [0.15, 0.2) is 0 Å². The van der Waals surface area contributed by atoms with Crippen LogP contribution in [0.2, 0.25) is 0 Å². The number of hydrogen-bond acceptors (Lipinski definition) is 3. The minimum absolute atomic E-state index is 0.136. The summed E-state index contributed by atoms with van der Waals surface area (Å²) < 4.78 is 1.97. The quantitative estimate of drug-likeness (QED) is 0.814. The summed E-state index contributed by atoms with van der Waals surface area (Å²) in [5, 5.41) is 10.7. The lowest BCUT2D eigenvalue weighted by molar-refractivity contribution is -0.121. The SMILES string of the molecule is CCCNC(=O)CCNC1CCCc2c1cnn2C. The van der Waals surface area contributed by atoms with Gasteiger partial charge in [0.25, 0.3) is 0 Å². The highest BCUT2D eigenvalue weighted by molar-refractivity contribution is 5.75. The average Bonchev–Trinajstić information content (AvgIpc) is 2.79. The first-order chi connectivity index (χ1) is 9.22. The van der Waals surface area contributed by atoms with Gasteiger partial charge in [0.1, 0.15) is 0 Å². The monoisotopic (exact) mass is 264 g/mol. The zero-order valence-corrected chi connectivity index (χ0v) is 11.9. The molecule has 0 radical (unpaired) electrons. The molecule has 1 unspecified atom stereocenters. The molecular formula is C14H24N4O. The number of amides is 1. The van der Waals surface area contributed by atoms with Gasteiger partial charge in [-0.25, -0.2) is 0 Å². The van der Waals surface area contributed by atoms with Crippen LogP contribution >= 0.6 is 0 Å². The summed E-state index contributed by atoms with van der Waals surface area (Å²) in [7, 11) is 2.00. The number of nitrogens with zero attached hydrogens (tertiary/aromatic N) is 2. The molecule has 1 aliphatic rings. The Morgan fingerprint density at radius 3 is 3.16 bits per heavy atom. The van der Waals surface area contributed by atoms with E-state index in [2.05, 4.69) is 22.7 Å². The molecule has 1 aromatic heterocycles. The Kier molecular flexibility index (Phi) is 4.96. The van der Waals surface area contributed by atoms with Crippen LogP contribution in [0.3, 0.4) is 0 Å². The lowest BCUT2D eigenvalue weighted by Crippen LogP contribution is -2.31. The van der Waals surface area contributed by atoms with Crippen molar-refractivity contribution in [1.29, 1.82) is 0 Å². The molecule has 1 heterocycles. The van der Waals surface area contributed by atoms with E-state index >= 15 is 0 Å². The summed E-state index contributed by atoms with van der Waals surface area (Å²) in [6.07, 6.45) is 6.93. The van der Waals surface area contributed by atoms with Crippen molar-refractivity contribution >= 4 is 5.91 Å². The molecule has 5 heteroatoms. The minimum Gasteiger partial charge on any atom is -0.356 e. The number of carbonyl (C=O) groups excluding carboxylic acids is 1. The Bertz CT molecular complexity index is 427. The molecule has 1 atom stereocenters. The second kappa shape index (κ2) is 6.70. The zero-order chi connectivity index (χ0) is 13.7. The van der Waals surface area contributed by atoms with E-state index in [0.717, 1.165) is 32.4 Å². The first-order valence-corrected chi connectivity index (χ1v) is 7.23. The fraction of sp³-hybridized carbons (Fsp3) is 0.714. The number of fused-ring (bicyclic) bond motifs is 1. The van der Waals surface area contributed by atoms with Gasteiger partial charge >= 0.3 is 0 Å². The van der Waals surface area contributed by atoms with Crippen molar-refractivity contribution in [3.8, 4) is 0 Å². The van der Waals surface area contributed by atoms with Crippen molar-refractivity contribution in [3.63, 3.8) is 0 Å². The third-order valence-electron chi connectivity index (χ3n) is 3.69. The van der Waals surface area contributed by atoms with Crippen LogP contribution in [0.4, 0.5) is 0 Å². The summed E-state index contributed by atoms with van der Waals surface area (Å²) in [6, 6.07) is 0.358. The zero-order valence-electron chi connectivity index (χ0n) is 11.9. The predicted octanol–water partition coefficient (Wildman–Crippen LogP) is 1.30. The molecule has 0 aromatic carbocycles. The van der Waals surface area contributed by atoms with Crippen LogP contribution in [0.15, 0.2) is 6.20 Å². The third-order valence-corrected chi connectivity index (χ3v) is 3.69. The Hall–Kier alpha value is -1.36. The molecule has 1 aliphatic carbocycles. The van der Waals surface area contributed by atoms with Gasteiger partial charge in [-0.15, -0.1) is 0 Å². The smallest absolute Gasteiger partial charge is 0.221 e. The van der Waals surface area contributed by atoms with Crippen LogP contribution in [0, 0.1) is 0 Å². The van der Waals surface area contributed by atoms with Crippen LogP contribution in [0.1, 0.15) is 49.9 Å². The van der Waals surface area contributed by atoms with Gasteiger partial charge in [-0.05, 0) is 25.7 Å². The Morgan fingerprint density at radius 2 is 2.37 bits per heavy atom. The molecule has 1 aromatic rings. The molecule has 106 valence electrons. The van der Waals surface area contributed by atoms with Gasteiger partial charge in [0, 0.05) is 43.9 Å². The summed E-state index contributed by atoms with van der Waals surface area (Å²) >= 11 is 0. The van der Waals surface area contributed by atoms with Gasteiger partial charge in [0.05, 0.1) is 6.20 Å². The summed E-state index contributed by atoms with van der Waals surface area (Å²) in [5.41, 5.74) is 2.64. The van der Waals surface area contributed by atoms with E-state index in [9.17, 15) is 4.79 Å². The maximum atomic E-state index is 11.5. The largest absolute Gasteiger partial charge is 0.356 e. The van der Waals surface area contributed by atoms with Crippen molar-refractivity contribution < 1.29 is 4.79 Å². The number of aromatic nitrogens is 2. The van der Waals surface area contributed by atoms with Gasteiger partial charge < -0.3 is 10.6 Å². The predicted molar refractivity (Wildman–Crippen MR) is 74.8 cm³/mol. The number of carbonyl (C=O) groups is 1. The van der Waals surface area contributed by atoms with E-state index in [-0.39, 0.29) is 5.91 Å². The molecule has 19 heavy (non-hydrogen) atoms. The Morgan fingerprint density at radius 1 is 1.53 bits per heavy atom. The molecule has 2 N–H and O–H groups in total. The molecule has 0 bridgehead atoms.